The number of nitrogens with one attached hydrogen (secondary N) is 1. The summed E-state index contributed by atoms with van der Waals surface area (Å²) in [5.74, 6) is -0.267. The number of benzene rings is 1. The highest BCUT2D eigenvalue weighted by Gasteiger charge is 2.24. The fourth-order valence-electron chi connectivity index (χ4n) is 1.47. The van der Waals surface area contributed by atoms with Gasteiger partial charge in [-0.15, -0.1) is 5.10 Å². The van der Waals surface area contributed by atoms with Gasteiger partial charge in [0.25, 0.3) is 0 Å². The van der Waals surface area contributed by atoms with Crippen LogP contribution in [0.2, 0.25) is 0 Å². The third-order valence-corrected chi connectivity index (χ3v) is 3.37. The van der Waals surface area contributed by atoms with Gasteiger partial charge in [-0.3, -0.25) is 4.79 Å². The number of hydrogen-bond donors (Lipinski definition) is 1. The first-order valence-electron chi connectivity index (χ1n) is 5.55. The van der Waals surface area contributed by atoms with Crippen LogP contribution in [0.3, 0.4) is 0 Å². The van der Waals surface area contributed by atoms with Crippen molar-refractivity contribution in [3.8, 4) is 0 Å². The topological polar surface area (TPSA) is 67.9 Å². The van der Waals surface area contributed by atoms with Gasteiger partial charge in [-0.2, -0.15) is 10.3 Å². The summed E-state index contributed by atoms with van der Waals surface area (Å²) in [6.45, 7) is 2.16. The monoisotopic (exact) mass is 263 g/mol. The van der Waals surface area contributed by atoms with Gasteiger partial charge in [-0.1, -0.05) is 42.1 Å². The van der Waals surface area contributed by atoms with E-state index in [2.05, 4.69) is 15.4 Å². The summed E-state index contributed by atoms with van der Waals surface area (Å²) in [5.41, 5.74) is 0.893. The molecule has 5 nitrogen and oxygen atoms in total. The average Bonchev–Trinajstić information content (AvgIpc) is 2.90. The Morgan fingerprint density at radius 1 is 1.44 bits per heavy atom. The molecule has 0 amide bonds. The van der Waals surface area contributed by atoms with Gasteiger partial charge < -0.3 is 4.74 Å². The highest BCUT2D eigenvalue weighted by Crippen LogP contribution is 2.34. The Morgan fingerprint density at radius 3 is 2.83 bits per heavy atom. The maximum absolute atomic E-state index is 12.0. The van der Waals surface area contributed by atoms with E-state index in [9.17, 15) is 4.79 Å². The Hall–Kier alpha value is -1.82. The van der Waals surface area contributed by atoms with Crippen LogP contribution in [0.25, 0.3) is 0 Å². The summed E-state index contributed by atoms with van der Waals surface area (Å²) in [4.78, 5) is 12.0. The van der Waals surface area contributed by atoms with Crippen molar-refractivity contribution in [1.29, 1.82) is 0 Å². The smallest absolute Gasteiger partial charge is 0.324 e. The molecule has 18 heavy (non-hydrogen) atoms. The number of nitrogens with zero attached hydrogens (tertiary/aromatic N) is 2. The van der Waals surface area contributed by atoms with Gasteiger partial charge in [0.15, 0.2) is 0 Å². The summed E-state index contributed by atoms with van der Waals surface area (Å²) >= 11 is 1.32. The Bertz CT molecular complexity index is 487. The lowest BCUT2D eigenvalue weighted by Gasteiger charge is -2.13. The van der Waals surface area contributed by atoms with Crippen LogP contribution in [0.4, 0.5) is 0 Å². The second-order valence-corrected chi connectivity index (χ2v) is 4.59. The first-order valence-corrected chi connectivity index (χ1v) is 6.43. The molecule has 2 aromatic rings. The summed E-state index contributed by atoms with van der Waals surface area (Å²) in [7, 11) is 0. The molecule has 0 saturated heterocycles. The predicted octanol–water partition coefficient (Wildman–Crippen LogP) is 2.20. The lowest BCUT2D eigenvalue weighted by molar-refractivity contribution is -0.142. The molecule has 1 aromatic carbocycles. The zero-order valence-corrected chi connectivity index (χ0v) is 10.7. The number of esters is 1. The largest absolute Gasteiger partial charge is 0.465 e. The minimum atomic E-state index is -0.420. The van der Waals surface area contributed by atoms with Gasteiger partial charge in [0.2, 0.25) is 0 Å². The number of ether oxygens (including phenoxy) is 1. The van der Waals surface area contributed by atoms with Gasteiger partial charge in [-0.05, 0) is 12.5 Å². The predicted molar refractivity (Wildman–Crippen MR) is 68.1 cm³/mol. The number of rotatable bonds is 5. The van der Waals surface area contributed by atoms with E-state index in [0.717, 1.165) is 5.56 Å². The molecule has 0 aliphatic rings. The van der Waals surface area contributed by atoms with E-state index in [4.69, 9.17) is 4.74 Å². The molecule has 1 N–H and O–H groups in total. The van der Waals surface area contributed by atoms with Gasteiger partial charge >= 0.3 is 5.97 Å². The maximum Gasteiger partial charge on any atom is 0.324 e. The minimum Gasteiger partial charge on any atom is -0.465 e. The minimum absolute atomic E-state index is 0.267. The summed E-state index contributed by atoms with van der Waals surface area (Å²) in [6.07, 6.45) is 1.58. The van der Waals surface area contributed by atoms with Gasteiger partial charge in [0.1, 0.15) is 10.3 Å². The molecule has 0 fully saturated rings. The van der Waals surface area contributed by atoms with Crippen molar-refractivity contribution in [3.05, 3.63) is 42.1 Å². The second-order valence-electron chi connectivity index (χ2n) is 3.47. The highest BCUT2D eigenvalue weighted by molar-refractivity contribution is 8.00. The maximum atomic E-state index is 12.0. The van der Waals surface area contributed by atoms with Crippen molar-refractivity contribution in [2.45, 2.75) is 17.2 Å². The zero-order chi connectivity index (χ0) is 12.8. The Labute approximate surface area is 109 Å². The van der Waals surface area contributed by atoms with Crippen LogP contribution in [0.15, 0.2) is 41.6 Å². The van der Waals surface area contributed by atoms with Crippen LogP contribution in [-0.4, -0.2) is 28.0 Å². The molecule has 94 valence electrons. The second kappa shape index (κ2) is 6.20. The Kier molecular flexibility index (Phi) is 4.35. The average molecular weight is 263 g/mol. The molecular weight excluding hydrogens is 250 g/mol. The summed E-state index contributed by atoms with van der Waals surface area (Å²) in [5, 5.41) is 10.4. The third kappa shape index (κ3) is 3.10. The van der Waals surface area contributed by atoms with Crippen LogP contribution in [0.5, 0.6) is 0 Å². The van der Waals surface area contributed by atoms with Crippen molar-refractivity contribution in [2.75, 3.05) is 6.61 Å². The molecule has 0 aliphatic carbocycles. The zero-order valence-electron chi connectivity index (χ0n) is 9.87. The van der Waals surface area contributed by atoms with Gasteiger partial charge in [0, 0.05) is 0 Å². The van der Waals surface area contributed by atoms with E-state index >= 15 is 0 Å². The summed E-state index contributed by atoms with van der Waals surface area (Å²) in [6, 6.07) is 9.49. The number of H-pyrrole nitrogens is 1. The number of aromatic amines is 1. The molecule has 2 rings (SSSR count). The van der Waals surface area contributed by atoms with Gasteiger partial charge in [-0.25, -0.2) is 0 Å². The SMILES string of the molecule is CCOC(=O)[C@@H](Sc1cn[nH]n1)c1ccccc1. The van der Waals surface area contributed by atoms with Crippen molar-refractivity contribution in [1.82, 2.24) is 15.4 Å². The number of carbonyl (C=O) groups is 1. The van der Waals surface area contributed by atoms with Crippen LogP contribution >= 0.6 is 11.8 Å². The lowest BCUT2D eigenvalue weighted by atomic mass is 10.1. The van der Waals surface area contributed by atoms with E-state index in [1.54, 1.807) is 13.1 Å². The molecule has 0 spiro atoms. The van der Waals surface area contributed by atoms with E-state index < -0.39 is 5.25 Å². The standard InChI is InChI=1S/C12H13N3O2S/c1-2-17-12(16)11(9-6-4-3-5-7-9)18-10-8-13-15-14-10/h3-8,11H,2H2,1H3,(H,13,14,15)/t11-/m0/s1. The first-order chi connectivity index (χ1) is 8.81. The highest BCUT2D eigenvalue weighted by atomic mass is 32.2. The van der Waals surface area contributed by atoms with Crippen molar-refractivity contribution >= 4 is 17.7 Å². The molecule has 0 unspecified atom stereocenters. The fraction of sp³-hybridized carbons (Fsp3) is 0.250. The summed E-state index contributed by atoms with van der Waals surface area (Å²) < 4.78 is 5.09. The molecule has 0 aliphatic heterocycles. The third-order valence-electron chi connectivity index (χ3n) is 2.23. The van der Waals surface area contributed by atoms with Gasteiger partial charge in [0.05, 0.1) is 12.8 Å². The first kappa shape index (κ1) is 12.6. The molecular formula is C12H13N3O2S. The van der Waals surface area contributed by atoms with Crippen LogP contribution in [-0.2, 0) is 9.53 Å². The number of thioether (sulfide) groups is 1. The number of hydrogen-bond acceptors (Lipinski definition) is 5. The number of aromatic nitrogens is 3. The Balaban J connectivity index is 2.20. The molecule has 1 heterocycles. The van der Waals surface area contributed by atoms with Crippen molar-refractivity contribution in [3.63, 3.8) is 0 Å². The van der Waals surface area contributed by atoms with Crippen molar-refractivity contribution in [2.24, 2.45) is 0 Å². The van der Waals surface area contributed by atoms with Crippen LogP contribution in [0, 0.1) is 0 Å². The Morgan fingerprint density at radius 2 is 2.22 bits per heavy atom. The fourth-order valence-corrected chi connectivity index (χ4v) is 2.37. The van der Waals surface area contributed by atoms with Crippen LogP contribution in [0.1, 0.15) is 17.7 Å². The van der Waals surface area contributed by atoms with Crippen LogP contribution < -0.4 is 0 Å². The molecule has 1 aromatic heterocycles. The molecule has 0 radical (unpaired) electrons. The van der Waals surface area contributed by atoms with E-state index in [1.165, 1.54) is 11.8 Å². The quantitative estimate of drug-likeness (QED) is 0.661. The molecule has 6 heteroatoms. The number of carbonyl (C=O) groups excluding carboxylic acids is 1. The van der Waals surface area contributed by atoms with E-state index in [-0.39, 0.29) is 5.97 Å². The lowest BCUT2D eigenvalue weighted by Crippen LogP contribution is -2.13. The van der Waals surface area contributed by atoms with E-state index in [0.29, 0.717) is 11.6 Å². The normalized spacial score (nSPS) is 12.1. The molecule has 1 atom stereocenters. The molecule has 0 bridgehead atoms. The van der Waals surface area contributed by atoms with E-state index in [1.807, 2.05) is 30.3 Å². The molecule has 0 saturated carbocycles. The van der Waals surface area contributed by atoms with Crippen molar-refractivity contribution < 1.29 is 9.53 Å².